The largest absolute Gasteiger partial charge is 0.394 e. The van der Waals surface area contributed by atoms with E-state index in [-0.39, 0.29) is 12.1 Å². The van der Waals surface area contributed by atoms with Gasteiger partial charge in [0.1, 0.15) is 0 Å². The average Bonchev–Trinajstić information content (AvgIpc) is 2.62. The van der Waals surface area contributed by atoms with Crippen LogP contribution in [-0.2, 0) is 0 Å². The van der Waals surface area contributed by atoms with Crippen molar-refractivity contribution in [3.63, 3.8) is 0 Å². The highest BCUT2D eigenvalue weighted by Gasteiger charge is 2.38. The van der Waals surface area contributed by atoms with Crippen LogP contribution in [0.4, 0.5) is 0 Å². The molecule has 2 fully saturated rings. The molecule has 2 N–H and O–H groups in total. The molecule has 0 spiro atoms. The number of aliphatic hydroxyl groups excluding tert-OH is 1. The highest BCUT2D eigenvalue weighted by atomic mass is 16.3. The molecule has 2 aliphatic heterocycles. The lowest BCUT2D eigenvalue weighted by atomic mass is 9.82. The zero-order valence-corrected chi connectivity index (χ0v) is 10.00. The number of piperidine rings is 1. The zero-order valence-electron chi connectivity index (χ0n) is 10.00. The van der Waals surface area contributed by atoms with Crippen molar-refractivity contribution in [2.45, 2.75) is 31.7 Å². The molecule has 2 saturated heterocycles. The number of rotatable bonds is 2. The fourth-order valence-corrected chi connectivity index (χ4v) is 3.15. The summed E-state index contributed by atoms with van der Waals surface area (Å²) in [5.41, 5.74) is -0.0132. The quantitative estimate of drug-likeness (QED) is 0.707. The zero-order chi connectivity index (χ0) is 10.9. The van der Waals surface area contributed by atoms with Crippen LogP contribution in [0.5, 0.6) is 0 Å². The van der Waals surface area contributed by atoms with Crippen LogP contribution in [0.2, 0.25) is 0 Å². The maximum atomic E-state index is 9.32. The Hall–Kier alpha value is -0.120. The first-order valence-electron chi connectivity index (χ1n) is 6.17. The number of likely N-dealkylation sites (tertiary alicyclic amines) is 1. The third-order valence-corrected chi connectivity index (χ3v) is 4.18. The Balaban J connectivity index is 1.90. The van der Waals surface area contributed by atoms with Crippen LogP contribution in [0.1, 0.15) is 26.2 Å². The van der Waals surface area contributed by atoms with E-state index in [4.69, 9.17) is 0 Å². The van der Waals surface area contributed by atoms with Gasteiger partial charge in [-0.3, -0.25) is 0 Å². The number of hydrogen-bond acceptors (Lipinski definition) is 3. The van der Waals surface area contributed by atoms with Gasteiger partial charge in [-0.25, -0.2) is 0 Å². The summed E-state index contributed by atoms with van der Waals surface area (Å²) < 4.78 is 0. The van der Waals surface area contributed by atoms with E-state index in [0.29, 0.717) is 0 Å². The number of nitrogens with one attached hydrogen (secondary N) is 1. The third-order valence-electron chi connectivity index (χ3n) is 4.18. The molecule has 3 unspecified atom stereocenters. The Morgan fingerprint density at radius 2 is 2.27 bits per heavy atom. The van der Waals surface area contributed by atoms with Gasteiger partial charge in [0.2, 0.25) is 0 Å². The predicted molar refractivity (Wildman–Crippen MR) is 61.8 cm³/mol. The summed E-state index contributed by atoms with van der Waals surface area (Å²) in [6, 6.07) is 0. The minimum absolute atomic E-state index is 0.0132. The molecule has 2 aliphatic rings. The lowest BCUT2D eigenvalue weighted by Gasteiger charge is -2.33. The first-order chi connectivity index (χ1) is 7.13. The Labute approximate surface area is 92.8 Å². The summed E-state index contributed by atoms with van der Waals surface area (Å²) in [6.07, 6.45) is 3.85. The van der Waals surface area contributed by atoms with Crippen molar-refractivity contribution in [2.24, 2.45) is 11.8 Å². The SMILES string of the molecule is CN1CCCC(C2CNC(C)(CO)C2)C1. The molecule has 3 atom stereocenters. The van der Waals surface area contributed by atoms with E-state index in [2.05, 4.69) is 24.2 Å². The van der Waals surface area contributed by atoms with Crippen LogP contribution in [0, 0.1) is 11.8 Å². The van der Waals surface area contributed by atoms with Crippen LogP contribution in [-0.4, -0.2) is 48.8 Å². The molecule has 0 aliphatic carbocycles. The van der Waals surface area contributed by atoms with Gasteiger partial charge in [0, 0.05) is 12.1 Å². The fraction of sp³-hybridized carbons (Fsp3) is 1.00. The van der Waals surface area contributed by atoms with E-state index >= 15 is 0 Å². The van der Waals surface area contributed by atoms with Crippen LogP contribution in [0.3, 0.4) is 0 Å². The smallest absolute Gasteiger partial charge is 0.0610 e. The number of nitrogens with zero attached hydrogens (tertiary/aromatic N) is 1. The molecule has 0 bridgehead atoms. The molecular weight excluding hydrogens is 188 g/mol. The van der Waals surface area contributed by atoms with E-state index < -0.39 is 0 Å². The van der Waals surface area contributed by atoms with E-state index in [9.17, 15) is 5.11 Å². The molecule has 15 heavy (non-hydrogen) atoms. The summed E-state index contributed by atoms with van der Waals surface area (Å²) in [5, 5.41) is 12.8. The van der Waals surface area contributed by atoms with Crippen LogP contribution in [0.25, 0.3) is 0 Å². The summed E-state index contributed by atoms with van der Waals surface area (Å²) >= 11 is 0. The van der Waals surface area contributed by atoms with E-state index in [1.54, 1.807) is 0 Å². The van der Waals surface area contributed by atoms with E-state index in [1.807, 2.05) is 0 Å². The molecule has 0 amide bonds. The maximum Gasteiger partial charge on any atom is 0.0610 e. The van der Waals surface area contributed by atoms with Crippen molar-refractivity contribution < 1.29 is 5.11 Å². The lowest BCUT2D eigenvalue weighted by molar-refractivity contribution is 0.150. The topological polar surface area (TPSA) is 35.5 Å². The van der Waals surface area contributed by atoms with Crippen LogP contribution >= 0.6 is 0 Å². The molecule has 3 heteroatoms. The van der Waals surface area contributed by atoms with Gasteiger partial charge >= 0.3 is 0 Å². The standard InChI is InChI=1S/C12H24N2O/c1-12(9-15)6-11(7-13-12)10-4-3-5-14(2)8-10/h10-11,13,15H,3-9H2,1-2H3. The van der Waals surface area contributed by atoms with Gasteiger partial charge in [0.25, 0.3) is 0 Å². The van der Waals surface area contributed by atoms with Crippen LogP contribution < -0.4 is 5.32 Å². The number of hydrogen-bond donors (Lipinski definition) is 2. The summed E-state index contributed by atoms with van der Waals surface area (Å²) in [7, 11) is 2.22. The van der Waals surface area contributed by atoms with Gasteiger partial charge in [-0.15, -0.1) is 0 Å². The van der Waals surface area contributed by atoms with Gasteiger partial charge in [0.15, 0.2) is 0 Å². The molecule has 88 valence electrons. The normalized spacial score (nSPS) is 43.4. The Morgan fingerprint density at radius 3 is 2.87 bits per heavy atom. The Morgan fingerprint density at radius 1 is 1.47 bits per heavy atom. The first-order valence-corrected chi connectivity index (χ1v) is 6.17. The predicted octanol–water partition coefficient (Wildman–Crippen LogP) is 0.689. The van der Waals surface area contributed by atoms with Crippen molar-refractivity contribution in [2.75, 3.05) is 33.3 Å². The van der Waals surface area contributed by atoms with Crippen molar-refractivity contribution in [3.05, 3.63) is 0 Å². The highest BCUT2D eigenvalue weighted by molar-refractivity contribution is 4.95. The van der Waals surface area contributed by atoms with Crippen LogP contribution in [0.15, 0.2) is 0 Å². The second-order valence-corrected chi connectivity index (χ2v) is 5.73. The fourth-order valence-electron chi connectivity index (χ4n) is 3.15. The molecule has 0 radical (unpaired) electrons. The molecule has 2 heterocycles. The monoisotopic (exact) mass is 212 g/mol. The first kappa shape index (κ1) is 11.4. The second-order valence-electron chi connectivity index (χ2n) is 5.73. The minimum Gasteiger partial charge on any atom is -0.394 e. The Bertz CT molecular complexity index is 222. The van der Waals surface area contributed by atoms with Gasteiger partial charge in [-0.1, -0.05) is 0 Å². The summed E-state index contributed by atoms with van der Waals surface area (Å²) in [6.45, 7) is 6.00. The van der Waals surface area contributed by atoms with Gasteiger partial charge < -0.3 is 15.3 Å². The Kier molecular flexibility index (Phi) is 3.33. The second kappa shape index (κ2) is 4.40. The van der Waals surface area contributed by atoms with Gasteiger partial charge in [0.05, 0.1) is 6.61 Å². The van der Waals surface area contributed by atoms with Gasteiger partial charge in [-0.2, -0.15) is 0 Å². The molecule has 0 aromatic rings. The molecule has 3 nitrogen and oxygen atoms in total. The summed E-state index contributed by atoms with van der Waals surface area (Å²) in [4.78, 5) is 2.45. The molecule has 2 rings (SSSR count). The summed E-state index contributed by atoms with van der Waals surface area (Å²) in [5.74, 6) is 1.61. The van der Waals surface area contributed by atoms with Crippen molar-refractivity contribution in [1.29, 1.82) is 0 Å². The van der Waals surface area contributed by atoms with E-state index in [1.165, 1.54) is 25.9 Å². The molecule has 0 aromatic carbocycles. The molecular formula is C12H24N2O. The maximum absolute atomic E-state index is 9.32. The molecule has 0 saturated carbocycles. The third kappa shape index (κ3) is 2.52. The highest BCUT2D eigenvalue weighted by Crippen LogP contribution is 2.33. The van der Waals surface area contributed by atoms with Crippen molar-refractivity contribution in [1.82, 2.24) is 10.2 Å². The van der Waals surface area contributed by atoms with Crippen molar-refractivity contribution >= 4 is 0 Å². The molecule has 0 aromatic heterocycles. The lowest BCUT2D eigenvalue weighted by Crippen LogP contribution is -2.39. The minimum atomic E-state index is -0.0132. The van der Waals surface area contributed by atoms with Crippen molar-refractivity contribution in [3.8, 4) is 0 Å². The van der Waals surface area contributed by atoms with E-state index in [0.717, 1.165) is 24.8 Å². The average molecular weight is 212 g/mol. The number of aliphatic hydroxyl groups is 1. The van der Waals surface area contributed by atoms with Gasteiger partial charge in [-0.05, 0) is 58.2 Å².